The van der Waals surface area contributed by atoms with Crippen LogP contribution < -0.4 is 5.73 Å². The molecule has 0 bridgehead atoms. The highest BCUT2D eigenvalue weighted by molar-refractivity contribution is 4.79. The van der Waals surface area contributed by atoms with Gasteiger partial charge in [-0.15, -0.1) is 6.58 Å². The summed E-state index contributed by atoms with van der Waals surface area (Å²) in [5.41, 5.74) is 5.96. The van der Waals surface area contributed by atoms with Gasteiger partial charge in [0.05, 0.1) is 6.10 Å². The topological polar surface area (TPSA) is 35.2 Å². The number of hydrogen-bond donors (Lipinski definition) is 1. The van der Waals surface area contributed by atoms with Gasteiger partial charge in [0.1, 0.15) is 0 Å². The van der Waals surface area contributed by atoms with Crippen molar-refractivity contribution in [3.63, 3.8) is 0 Å². The highest BCUT2D eigenvalue weighted by Crippen LogP contribution is 2.17. The molecule has 2 nitrogen and oxygen atoms in total. The first-order valence-corrected chi connectivity index (χ1v) is 4.82. The first-order valence-electron chi connectivity index (χ1n) is 4.82. The van der Waals surface area contributed by atoms with Crippen LogP contribution in [0.2, 0.25) is 0 Å². The number of rotatable bonds is 4. The van der Waals surface area contributed by atoms with Crippen LogP contribution in [0.5, 0.6) is 0 Å². The fourth-order valence-electron chi connectivity index (χ4n) is 1.60. The number of hydrogen-bond acceptors (Lipinski definition) is 2. The molecule has 1 saturated heterocycles. The van der Waals surface area contributed by atoms with Crippen molar-refractivity contribution in [1.82, 2.24) is 0 Å². The SMILES string of the molecule is C=CCCC(N)C1CCCCO1. The summed E-state index contributed by atoms with van der Waals surface area (Å²) in [6.07, 6.45) is 7.84. The minimum Gasteiger partial charge on any atom is -0.377 e. The van der Waals surface area contributed by atoms with Gasteiger partial charge >= 0.3 is 0 Å². The van der Waals surface area contributed by atoms with Gasteiger partial charge < -0.3 is 10.5 Å². The Kier molecular flexibility index (Phi) is 4.33. The summed E-state index contributed by atoms with van der Waals surface area (Å²) in [5.74, 6) is 0. The lowest BCUT2D eigenvalue weighted by Gasteiger charge is -2.27. The monoisotopic (exact) mass is 169 g/mol. The Morgan fingerprint density at radius 3 is 3.00 bits per heavy atom. The zero-order valence-corrected chi connectivity index (χ0v) is 7.67. The van der Waals surface area contributed by atoms with Crippen LogP contribution in [-0.4, -0.2) is 18.8 Å². The minimum absolute atomic E-state index is 0.211. The van der Waals surface area contributed by atoms with Crippen LogP contribution in [-0.2, 0) is 4.74 Å². The largest absolute Gasteiger partial charge is 0.377 e. The highest BCUT2D eigenvalue weighted by Gasteiger charge is 2.20. The molecule has 0 saturated carbocycles. The summed E-state index contributed by atoms with van der Waals surface area (Å²) < 4.78 is 5.58. The molecule has 0 aromatic heterocycles. The fraction of sp³-hybridized carbons (Fsp3) is 0.800. The number of ether oxygens (including phenoxy) is 1. The predicted octanol–water partition coefficient (Wildman–Crippen LogP) is 1.85. The van der Waals surface area contributed by atoms with Gasteiger partial charge in [0.25, 0.3) is 0 Å². The van der Waals surface area contributed by atoms with Crippen molar-refractivity contribution < 1.29 is 4.74 Å². The van der Waals surface area contributed by atoms with Crippen LogP contribution in [0.25, 0.3) is 0 Å². The first kappa shape index (κ1) is 9.75. The van der Waals surface area contributed by atoms with Crippen LogP contribution in [0.4, 0.5) is 0 Å². The van der Waals surface area contributed by atoms with Gasteiger partial charge in [-0.05, 0) is 32.1 Å². The Labute approximate surface area is 74.8 Å². The van der Waals surface area contributed by atoms with Crippen molar-refractivity contribution in [2.75, 3.05) is 6.61 Å². The van der Waals surface area contributed by atoms with Crippen LogP contribution in [0, 0.1) is 0 Å². The molecule has 0 aromatic rings. The molecule has 12 heavy (non-hydrogen) atoms. The molecule has 1 fully saturated rings. The second-order valence-electron chi connectivity index (χ2n) is 3.43. The van der Waals surface area contributed by atoms with E-state index in [1.165, 1.54) is 12.8 Å². The Morgan fingerprint density at radius 1 is 1.58 bits per heavy atom. The molecule has 2 N–H and O–H groups in total. The molecule has 0 amide bonds. The van der Waals surface area contributed by atoms with Crippen LogP contribution >= 0.6 is 0 Å². The molecule has 2 heteroatoms. The van der Waals surface area contributed by atoms with Crippen molar-refractivity contribution in [2.45, 2.75) is 44.2 Å². The van der Waals surface area contributed by atoms with Crippen molar-refractivity contribution in [3.05, 3.63) is 12.7 Å². The maximum Gasteiger partial charge on any atom is 0.0726 e. The summed E-state index contributed by atoms with van der Waals surface area (Å²) >= 11 is 0. The molecular formula is C10H19NO. The second kappa shape index (κ2) is 5.33. The van der Waals surface area contributed by atoms with E-state index in [0.29, 0.717) is 6.10 Å². The lowest BCUT2D eigenvalue weighted by atomic mass is 9.99. The molecule has 0 aromatic carbocycles. The average molecular weight is 169 g/mol. The summed E-state index contributed by atoms with van der Waals surface area (Å²) in [5, 5.41) is 0. The average Bonchev–Trinajstić information content (AvgIpc) is 2.15. The standard InChI is InChI=1S/C10H19NO/c1-2-3-6-9(11)10-7-4-5-8-12-10/h2,9-10H,1,3-8,11H2. The van der Waals surface area contributed by atoms with E-state index in [9.17, 15) is 0 Å². The van der Waals surface area contributed by atoms with Gasteiger partial charge in [-0.2, -0.15) is 0 Å². The van der Waals surface area contributed by atoms with Gasteiger partial charge in [-0.25, -0.2) is 0 Å². The van der Waals surface area contributed by atoms with Crippen molar-refractivity contribution in [2.24, 2.45) is 5.73 Å². The Balaban J connectivity index is 2.19. The summed E-state index contributed by atoms with van der Waals surface area (Å²) in [4.78, 5) is 0. The molecule has 1 aliphatic heterocycles. The summed E-state index contributed by atoms with van der Waals surface area (Å²) in [7, 11) is 0. The van der Waals surface area contributed by atoms with Crippen molar-refractivity contribution in [3.8, 4) is 0 Å². The van der Waals surface area contributed by atoms with E-state index < -0.39 is 0 Å². The number of allylic oxidation sites excluding steroid dienone is 1. The third kappa shape index (κ3) is 2.95. The molecule has 2 unspecified atom stereocenters. The molecule has 1 aliphatic rings. The van der Waals surface area contributed by atoms with E-state index in [2.05, 4.69) is 6.58 Å². The quantitative estimate of drug-likeness (QED) is 0.652. The van der Waals surface area contributed by atoms with E-state index in [-0.39, 0.29) is 6.04 Å². The van der Waals surface area contributed by atoms with E-state index >= 15 is 0 Å². The van der Waals surface area contributed by atoms with Gasteiger partial charge in [0.15, 0.2) is 0 Å². The first-order chi connectivity index (χ1) is 5.84. The summed E-state index contributed by atoms with van der Waals surface area (Å²) in [6.45, 7) is 4.58. The maximum absolute atomic E-state index is 5.96. The molecule has 0 aliphatic carbocycles. The van der Waals surface area contributed by atoms with E-state index in [1.807, 2.05) is 6.08 Å². The zero-order chi connectivity index (χ0) is 8.81. The second-order valence-corrected chi connectivity index (χ2v) is 3.43. The van der Waals surface area contributed by atoms with Gasteiger partial charge in [-0.1, -0.05) is 6.08 Å². The molecular weight excluding hydrogens is 150 g/mol. The zero-order valence-electron chi connectivity index (χ0n) is 7.67. The molecule has 1 rings (SSSR count). The Bertz CT molecular complexity index is 130. The molecule has 2 atom stereocenters. The highest BCUT2D eigenvalue weighted by atomic mass is 16.5. The molecule has 0 radical (unpaired) electrons. The lowest BCUT2D eigenvalue weighted by Crippen LogP contribution is -2.38. The minimum atomic E-state index is 0.211. The molecule has 70 valence electrons. The normalized spacial score (nSPS) is 26.6. The van der Waals surface area contributed by atoms with Gasteiger partial charge in [0, 0.05) is 12.6 Å². The van der Waals surface area contributed by atoms with Gasteiger partial charge in [0.2, 0.25) is 0 Å². The van der Waals surface area contributed by atoms with E-state index in [1.54, 1.807) is 0 Å². The van der Waals surface area contributed by atoms with Gasteiger partial charge in [-0.3, -0.25) is 0 Å². The van der Waals surface area contributed by atoms with Crippen LogP contribution in [0.3, 0.4) is 0 Å². The van der Waals surface area contributed by atoms with Crippen molar-refractivity contribution in [1.29, 1.82) is 0 Å². The third-order valence-corrected chi connectivity index (χ3v) is 2.40. The smallest absolute Gasteiger partial charge is 0.0726 e. The van der Waals surface area contributed by atoms with Crippen LogP contribution in [0.1, 0.15) is 32.1 Å². The van der Waals surface area contributed by atoms with E-state index in [0.717, 1.165) is 25.9 Å². The fourth-order valence-corrected chi connectivity index (χ4v) is 1.60. The predicted molar refractivity (Wildman–Crippen MR) is 51.0 cm³/mol. The number of nitrogens with two attached hydrogens (primary N) is 1. The van der Waals surface area contributed by atoms with Crippen molar-refractivity contribution >= 4 is 0 Å². The Morgan fingerprint density at radius 2 is 2.42 bits per heavy atom. The Hall–Kier alpha value is -0.340. The molecule has 0 spiro atoms. The lowest BCUT2D eigenvalue weighted by molar-refractivity contribution is -0.000809. The maximum atomic E-state index is 5.96. The van der Waals surface area contributed by atoms with E-state index in [4.69, 9.17) is 10.5 Å². The third-order valence-electron chi connectivity index (χ3n) is 2.40. The summed E-state index contributed by atoms with van der Waals surface area (Å²) in [6, 6.07) is 0.211. The van der Waals surface area contributed by atoms with Crippen LogP contribution in [0.15, 0.2) is 12.7 Å². The molecule has 1 heterocycles.